The van der Waals surface area contributed by atoms with E-state index in [4.69, 9.17) is 0 Å². The Bertz CT molecular complexity index is 960. The number of nitrogens with zero attached hydrogens (tertiary/aromatic N) is 2. The summed E-state index contributed by atoms with van der Waals surface area (Å²) in [4.78, 5) is 25.9. The molecule has 0 radical (unpaired) electrons. The molecule has 2 N–H and O–H groups in total. The second kappa shape index (κ2) is 7.72. The predicted octanol–water partition coefficient (Wildman–Crippen LogP) is 1.36. The first-order chi connectivity index (χ1) is 12.9. The summed E-state index contributed by atoms with van der Waals surface area (Å²) in [5, 5.41) is 10.6. The molecule has 0 spiro atoms. The van der Waals surface area contributed by atoms with Gasteiger partial charge in [0.1, 0.15) is 0 Å². The second-order valence-corrected chi connectivity index (χ2v) is 7.74. The molecule has 0 aliphatic carbocycles. The Labute approximate surface area is 156 Å². The number of hydrogen-bond donors (Lipinski definition) is 2. The average molecular weight is 390 g/mol. The third-order valence-corrected chi connectivity index (χ3v) is 5.49. The van der Waals surface area contributed by atoms with Gasteiger partial charge in [-0.25, -0.2) is 8.42 Å². The predicted molar refractivity (Wildman–Crippen MR) is 98.5 cm³/mol. The van der Waals surface area contributed by atoms with Gasteiger partial charge in [0, 0.05) is 24.4 Å². The van der Waals surface area contributed by atoms with Gasteiger partial charge >= 0.3 is 0 Å². The normalized spacial score (nSPS) is 13.7. The number of nitro groups is 1. The van der Waals surface area contributed by atoms with E-state index < -0.39 is 20.9 Å². The van der Waals surface area contributed by atoms with Gasteiger partial charge in [-0.05, 0) is 36.6 Å². The summed E-state index contributed by atoms with van der Waals surface area (Å²) in [6, 6.07) is 12.2. The maximum Gasteiger partial charge on any atom is 0.269 e. The van der Waals surface area contributed by atoms with Crippen molar-refractivity contribution >= 4 is 27.3 Å². The molecule has 2 aromatic rings. The number of hydrazine groups is 1. The number of amides is 1. The lowest BCUT2D eigenvalue weighted by atomic mass is 10.0. The Morgan fingerprint density at radius 2 is 1.85 bits per heavy atom. The van der Waals surface area contributed by atoms with Gasteiger partial charge in [0.25, 0.3) is 21.6 Å². The Morgan fingerprint density at radius 1 is 1.15 bits per heavy atom. The Balaban J connectivity index is 1.61. The van der Waals surface area contributed by atoms with Gasteiger partial charge in [-0.15, -0.1) is 4.83 Å². The molecule has 0 saturated carbocycles. The van der Waals surface area contributed by atoms with Crippen LogP contribution in [0.2, 0.25) is 0 Å². The Kier molecular flexibility index (Phi) is 5.38. The van der Waals surface area contributed by atoms with Gasteiger partial charge in [-0.3, -0.25) is 20.3 Å². The summed E-state index contributed by atoms with van der Waals surface area (Å²) in [7, 11) is -4.02. The highest BCUT2D eigenvalue weighted by molar-refractivity contribution is 7.89. The van der Waals surface area contributed by atoms with Gasteiger partial charge in [0.2, 0.25) is 0 Å². The van der Waals surface area contributed by atoms with Crippen molar-refractivity contribution < 1.29 is 18.1 Å². The summed E-state index contributed by atoms with van der Waals surface area (Å²) < 4.78 is 24.4. The molecule has 0 fully saturated rings. The Hall–Kier alpha value is -2.98. The van der Waals surface area contributed by atoms with E-state index in [1.807, 2.05) is 34.0 Å². The van der Waals surface area contributed by atoms with Crippen molar-refractivity contribution in [3.63, 3.8) is 0 Å². The van der Waals surface area contributed by atoms with E-state index in [0.29, 0.717) is 6.54 Å². The van der Waals surface area contributed by atoms with Crippen molar-refractivity contribution in [3.8, 4) is 0 Å². The van der Waals surface area contributed by atoms with Crippen LogP contribution in [-0.2, 0) is 21.2 Å². The fraction of sp³-hybridized carbons (Fsp3) is 0.235. The Morgan fingerprint density at radius 3 is 2.56 bits per heavy atom. The fourth-order valence-corrected chi connectivity index (χ4v) is 3.78. The van der Waals surface area contributed by atoms with Crippen LogP contribution in [-0.4, -0.2) is 32.3 Å². The minimum Gasteiger partial charge on any atom is -0.362 e. The third kappa shape index (κ3) is 4.41. The molecular weight excluding hydrogens is 372 g/mol. The molecule has 1 heterocycles. The van der Waals surface area contributed by atoms with Crippen molar-refractivity contribution in [1.82, 2.24) is 10.3 Å². The zero-order valence-corrected chi connectivity index (χ0v) is 15.1. The highest BCUT2D eigenvalue weighted by atomic mass is 32.2. The molecule has 0 aromatic heterocycles. The standard InChI is InChI=1S/C17H18N4O5S/c22-17(12-20-11-3-5-13-4-1-2-6-16(13)20)18-19-27(25,26)15-9-7-14(8-10-15)21(23)24/h1-2,4,6-10,19H,3,5,11-12H2,(H,18,22). The van der Waals surface area contributed by atoms with Gasteiger partial charge in [0.05, 0.1) is 16.4 Å². The van der Waals surface area contributed by atoms with Crippen molar-refractivity contribution in [2.75, 3.05) is 18.0 Å². The van der Waals surface area contributed by atoms with Crippen molar-refractivity contribution in [1.29, 1.82) is 0 Å². The van der Waals surface area contributed by atoms with Crippen LogP contribution in [0.3, 0.4) is 0 Å². The van der Waals surface area contributed by atoms with E-state index in [2.05, 4.69) is 5.43 Å². The minimum absolute atomic E-state index is 0.0137. The molecule has 9 nitrogen and oxygen atoms in total. The van der Waals surface area contributed by atoms with Crippen LogP contribution in [0.25, 0.3) is 0 Å². The van der Waals surface area contributed by atoms with Crippen LogP contribution < -0.4 is 15.2 Å². The average Bonchev–Trinajstić information content (AvgIpc) is 2.67. The number of para-hydroxylation sites is 1. The number of benzene rings is 2. The summed E-state index contributed by atoms with van der Waals surface area (Å²) in [6.07, 6.45) is 1.86. The van der Waals surface area contributed by atoms with E-state index in [1.165, 1.54) is 0 Å². The fourth-order valence-electron chi connectivity index (χ4n) is 2.92. The highest BCUT2D eigenvalue weighted by Crippen LogP contribution is 2.26. The molecule has 27 heavy (non-hydrogen) atoms. The van der Waals surface area contributed by atoms with Gasteiger partial charge < -0.3 is 4.90 Å². The van der Waals surface area contributed by atoms with Crippen molar-refractivity contribution in [2.24, 2.45) is 0 Å². The number of sulfonamides is 1. The summed E-state index contributed by atoms with van der Waals surface area (Å²) in [5.74, 6) is -0.503. The summed E-state index contributed by atoms with van der Waals surface area (Å²) in [6.45, 7) is 0.722. The summed E-state index contributed by atoms with van der Waals surface area (Å²) in [5.41, 5.74) is 4.09. The number of non-ortho nitro benzene ring substituents is 1. The first kappa shape index (κ1) is 18.8. The van der Waals surface area contributed by atoms with Crippen LogP contribution in [0.15, 0.2) is 53.4 Å². The molecular formula is C17H18N4O5S. The van der Waals surface area contributed by atoms with Crippen LogP contribution in [0.1, 0.15) is 12.0 Å². The molecule has 0 unspecified atom stereocenters. The molecule has 1 aliphatic rings. The van der Waals surface area contributed by atoms with Crippen LogP contribution in [0.5, 0.6) is 0 Å². The van der Waals surface area contributed by atoms with Crippen molar-refractivity contribution in [2.45, 2.75) is 17.7 Å². The molecule has 1 aliphatic heterocycles. The molecule has 142 valence electrons. The highest BCUT2D eigenvalue weighted by Gasteiger charge is 2.20. The number of anilines is 1. The van der Waals surface area contributed by atoms with E-state index >= 15 is 0 Å². The van der Waals surface area contributed by atoms with E-state index in [9.17, 15) is 23.3 Å². The first-order valence-corrected chi connectivity index (χ1v) is 9.73. The van der Waals surface area contributed by atoms with Crippen molar-refractivity contribution in [3.05, 3.63) is 64.2 Å². The van der Waals surface area contributed by atoms with E-state index in [1.54, 1.807) is 0 Å². The zero-order chi connectivity index (χ0) is 19.4. The topological polar surface area (TPSA) is 122 Å². The number of fused-ring (bicyclic) bond motifs is 1. The minimum atomic E-state index is -4.02. The maximum absolute atomic E-state index is 12.2. The molecule has 10 heteroatoms. The maximum atomic E-state index is 12.2. The lowest BCUT2D eigenvalue weighted by Crippen LogP contribution is -2.47. The first-order valence-electron chi connectivity index (χ1n) is 8.25. The molecule has 0 bridgehead atoms. The lowest BCUT2D eigenvalue weighted by Gasteiger charge is -2.30. The number of nitro benzene ring substituents is 1. The third-order valence-electron chi connectivity index (χ3n) is 4.22. The largest absolute Gasteiger partial charge is 0.362 e. The number of nitrogens with one attached hydrogen (secondary N) is 2. The number of carbonyl (C=O) groups excluding carboxylic acids is 1. The smallest absolute Gasteiger partial charge is 0.269 e. The van der Waals surface area contributed by atoms with Crippen LogP contribution in [0, 0.1) is 10.1 Å². The molecule has 2 aromatic carbocycles. The number of hydrogen-bond acceptors (Lipinski definition) is 6. The van der Waals surface area contributed by atoms with E-state index in [-0.39, 0.29) is 17.1 Å². The number of rotatable bonds is 6. The van der Waals surface area contributed by atoms with Gasteiger partial charge in [-0.1, -0.05) is 18.2 Å². The second-order valence-electron chi connectivity index (χ2n) is 6.06. The molecule has 1 amide bonds. The van der Waals surface area contributed by atoms with Gasteiger partial charge in [0.15, 0.2) is 0 Å². The van der Waals surface area contributed by atoms with Gasteiger partial charge in [-0.2, -0.15) is 0 Å². The molecule has 0 atom stereocenters. The lowest BCUT2D eigenvalue weighted by molar-refractivity contribution is -0.384. The molecule has 0 saturated heterocycles. The summed E-state index contributed by atoms with van der Waals surface area (Å²) >= 11 is 0. The zero-order valence-electron chi connectivity index (χ0n) is 14.3. The quantitative estimate of drug-likeness (QED) is 0.567. The SMILES string of the molecule is O=C(CN1CCCc2ccccc21)NNS(=O)(=O)c1ccc([N+](=O)[O-])cc1. The van der Waals surface area contributed by atoms with E-state index in [0.717, 1.165) is 48.4 Å². The number of aryl methyl sites for hydroxylation is 1. The van der Waals surface area contributed by atoms with Crippen LogP contribution >= 0.6 is 0 Å². The number of carbonyl (C=O) groups is 1. The molecule has 3 rings (SSSR count). The van der Waals surface area contributed by atoms with Crippen LogP contribution in [0.4, 0.5) is 11.4 Å². The monoisotopic (exact) mass is 390 g/mol.